The predicted molar refractivity (Wildman–Crippen MR) is 76.9 cm³/mol. The first-order valence-corrected chi connectivity index (χ1v) is 6.93. The van der Waals surface area contributed by atoms with Crippen LogP contribution in [0.1, 0.15) is 35.7 Å². The molecule has 1 unspecified atom stereocenters. The number of rotatable bonds is 4. The van der Waals surface area contributed by atoms with Crippen LogP contribution in [0.4, 0.5) is 5.69 Å². The zero-order valence-corrected chi connectivity index (χ0v) is 11.6. The topological polar surface area (TPSA) is 52.6 Å². The van der Waals surface area contributed by atoms with Gasteiger partial charge in [0.25, 0.3) is 0 Å². The predicted octanol–water partition coefficient (Wildman–Crippen LogP) is 2.59. The van der Waals surface area contributed by atoms with Crippen LogP contribution < -0.4 is 5.32 Å². The van der Waals surface area contributed by atoms with E-state index in [2.05, 4.69) is 17.1 Å². The third kappa shape index (κ3) is 3.47. The number of carboxylic acids is 1. The van der Waals surface area contributed by atoms with Gasteiger partial charge in [-0.25, -0.2) is 4.79 Å². The van der Waals surface area contributed by atoms with Crippen molar-refractivity contribution in [2.75, 3.05) is 25.0 Å². The summed E-state index contributed by atoms with van der Waals surface area (Å²) in [7, 11) is 0. The number of likely N-dealkylation sites (tertiary alicyclic amines) is 1. The Morgan fingerprint density at radius 1 is 1.53 bits per heavy atom. The standard InChI is InChI=1S/C15H22N2O2/c1-3-17-8-4-5-12(10-17)16-14-9-11(2)6-7-13(14)15(18)19/h6-7,9,12,16H,3-5,8,10H2,1-2H3,(H,18,19). The smallest absolute Gasteiger partial charge is 0.337 e. The maximum absolute atomic E-state index is 11.2. The molecule has 1 saturated heterocycles. The minimum Gasteiger partial charge on any atom is -0.478 e. The molecule has 0 aromatic heterocycles. The maximum atomic E-state index is 11.2. The van der Waals surface area contributed by atoms with Gasteiger partial charge in [0.1, 0.15) is 0 Å². The summed E-state index contributed by atoms with van der Waals surface area (Å²) in [4.78, 5) is 13.6. The molecule has 0 amide bonds. The van der Waals surface area contributed by atoms with Crippen LogP contribution in [-0.4, -0.2) is 41.7 Å². The van der Waals surface area contributed by atoms with Crippen LogP contribution in [0.15, 0.2) is 18.2 Å². The summed E-state index contributed by atoms with van der Waals surface area (Å²) < 4.78 is 0. The summed E-state index contributed by atoms with van der Waals surface area (Å²) in [5.41, 5.74) is 2.19. The maximum Gasteiger partial charge on any atom is 0.337 e. The lowest BCUT2D eigenvalue weighted by Crippen LogP contribution is -2.42. The van der Waals surface area contributed by atoms with Gasteiger partial charge in [0.15, 0.2) is 0 Å². The van der Waals surface area contributed by atoms with E-state index in [0.717, 1.165) is 37.3 Å². The first kappa shape index (κ1) is 13.9. The molecule has 1 aromatic carbocycles. The first-order valence-electron chi connectivity index (χ1n) is 6.93. The molecule has 0 radical (unpaired) electrons. The molecule has 0 saturated carbocycles. The fourth-order valence-electron chi connectivity index (χ4n) is 2.64. The highest BCUT2D eigenvalue weighted by molar-refractivity contribution is 5.94. The van der Waals surface area contributed by atoms with Gasteiger partial charge in [0.05, 0.1) is 5.56 Å². The zero-order chi connectivity index (χ0) is 13.8. The van der Waals surface area contributed by atoms with E-state index in [0.29, 0.717) is 11.6 Å². The average molecular weight is 262 g/mol. The van der Waals surface area contributed by atoms with E-state index in [1.165, 1.54) is 6.42 Å². The Bertz CT molecular complexity index is 459. The summed E-state index contributed by atoms with van der Waals surface area (Å²) in [5, 5.41) is 12.6. The number of benzene rings is 1. The van der Waals surface area contributed by atoms with Crippen LogP contribution in [-0.2, 0) is 0 Å². The lowest BCUT2D eigenvalue weighted by atomic mass is 10.0. The molecule has 104 valence electrons. The minimum absolute atomic E-state index is 0.341. The van der Waals surface area contributed by atoms with Crippen LogP contribution in [0.5, 0.6) is 0 Å². The van der Waals surface area contributed by atoms with E-state index in [1.807, 2.05) is 19.1 Å². The first-order chi connectivity index (χ1) is 9.10. The highest BCUT2D eigenvalue weighted by Gasteiger charge is 2.20. The number of likely N-dealkylation sites (N-methyl/N-ethyl adjacent to an activating group) is 1. The molecule has 1 aliphatic heterocycles. The summed E-state index contributed by atoms with van der Waals surface area (Å²) in [5.74, 6) is -0.870. The van der Waals surface area contributed by atoms with Crippen molar-refractivity contribution in [3.05, 3.63) is 29.3 Å². The monoisotopic (exact) mass is 262 g/mol. The van der Waals surface area contributed by atoms with E-state index in [4.69, 9.17) is 0 Å². The number of anilines is 1. The molecule has 4 heteroatoms. The molecule has 2 N–H and O–H groups in total. The van der Waals surface area contributed by atoms with Gasteiger partial charge in [0, 0.05) is 18.3 Å². The van der Waals surface area contributed by atoms with Gasteiger partial charge in [-0.15, -0.1) is 0 Å². The van der Waals surface area contributed by atoms with Crippen LogP contribution in [0.2, 0.25) is 0 Å². The van der Waals surface area contributed by atoms with Gasteiger partial charge in [-0.05, 0) is 50.6 Å². The minimum atomic E-state index is -0.870. The molecule has 1 atom stereocenters. The second-order valence-electron chi connectivity index (χ2n) is 5.23. The van der Waals surface area contributed by atoms with Crippen molar-refractivity contribution in [3.63, 3.8) is 0 Å². The van der Waals surface area contributed by atoms with Crippen molar-refractivity contribution < 1.29 is 9.90 Å². The summed E-state index contributed by atoms with van der Waals surface area (Å²) in [6.45, 7) is 7.34. The Kier molecular flexibility index (Phi) is 4.43. The molecule has 1 heterocycles. The van der Waals surface area contributed by atoms with Crippen molar-refractivity contribution in [1.82, 2.24) is 4.90 Å². The van der Waals surface area contributed by atoms with Crippen molar-refractivity contribution in [2.45, 2.75) is 32.7 Å². The average Bonchev–Trinajstić information content (AvgIpc) is 2.38. The van der Waals surface area contributed by atoms with Crippen molar-refractivity contribution >= 4 is 11.7 Å². The third-order valence-electron chi connectivity index (χ3n) is 3.72. The number of nitrogens with zero attached hydrogens (tertiary/aromatic N) is 1. The normalized spacial score (nSPS) is 20.2. The molecule has 0 spiro atoms. The summed E-state index contributed by atoms with van der Waals surface area (Å²) in [6, 6.07) is 5.79. The molecule has 1 fully saturated rings. The number of aromatic carboxylic acids is 1. The number of aryl methyl sites for hydroxylation is 1. The lowest BCUT2D eigenvalue weighted by molar-refractivity contribution is 0.0698. The number of carbonyl (C=O) groups is 1. The number of nitrogens with one attached hydrogen (secondary N) is 1. The molecule has 4 nitrogen and oxygen atoms in total. The molecular formula is C15H22N2O2. The Balaban J connectivity index is 2.13. The second-order valence-corrected chi connectivity index (χ2v) is 5.23. The van der Waals surface area contributed by atoms with E-state index in [9.17, 15) is 9.90 Å². The highest BCUT2D eigenvalue weighted by atomic mass is 16.4. The van der Waals surface area contributed by atoms with E-state index in [-0.39, 0.29) is 0 Å². The number of piperidine rings is 1. The zero-order valence-electron chi connectivity index (χ0n) is 11.6. The third-order valence-corrected chi connectivity index (χ3v) is 3.72. The highest BCUT2D eigenvalue weighted by Crippen LogP contribution is 2.21. The second kappa shape index (κ2) is 6.06. The Labute approximate surface area is 114 Å². The molecule has 1 aliphatic rings. The van der Waals surface area contributed by atoms with Crippen LogP contribution in [0, 0.1) is 6.92 Å². The quantitative estimate of drug-likeness (QED) is 0.875. The van der Waals surface area contributed by atoms with Gasteiger partial charge in [-0.2, -0.15) is 0 Å². The van der Waals surface area contributed by atoms with Gasteiger partial charge in [0.2, 0.25) is 0 Å². The van der Waals surface area contributed by atoms with E-state index < -0.39 is 5.97 Å². The van der Waals surface area contributed by atoms with Gasteiger partial charge in [-0.1, -0.05) is 13.0 Å². The lowest BCUT2D eigenvalue weighted by Gasteiger charge is -2.33. The Morgan fingerprint density at radius 3 is 3.00 bits per heavy atom. The van der Waals surface area contributed by atoms with Crippen LogP contribution >= 0.6 is 0 Å². The van der Waals surface area contributed by atoms with Crippen LogP contribution in [0.25, 0.3) is 0 Å². The van der Waals surface area contributed by atoms with E-state index in [1.54, 1.807) is 6.07 Å². The number of hydrogen-bond acceptors (Lipinski definition) is 3. The SMILES string of the molecule is CCN1CCCC(Nc2cc(C)ccc2C(=O)O)C1. The fraction of sp³-hybridized carbons (Fsp3) is 0.533. The van der Waals surface area contributed by atoms with Crippen LogP contribution in [0.3, 0.4) is 0 Å². The van der Waals surface area contributed by atoms with Gasteiger partial charge >= 0.3 is 5.97 Å². The van der Waals surface area contributed by atoms with Crippen molar-refractivity contribution in [2.24, 2.45) is 0 Å². The van der Waals surface area contributed by atoms with Gasteiger partial charge < -0.3 is 15.3 Å². The van der Waals surface area contributed by atoms with Crippen molar-refractivity contribution in [1.29, 1.82) is 0 Å². The number of hydrogen-bond donors (Lipinski definition) is 2. The van der Waals surface area contributed by atoms with E-state index >= 15 is 0 Å². The molecule has 2 rings (SSSR count). The molecule has 19 heavy (non-hydrogen) atoms. The summed E-state index contributed by atoms with van der Waals surface area (Å²) >= 11 is 0. The summed E-state index contributed by atoms with van der Waals surface area (Å²) in [6.07, 6.45) is 2.27. The molecule has 0 bridgehead atoms. The largest absolute Gasteiger partial charge is 0.478 e. The molecular weight excluding hydrogens is 240 g/mol. The van der Waals surface area contributed by atoms with Crippen molar-refractivity contribution in [3.8, 4) is 0 Å². The number of carboxylic acid groups (broad SMARTS) is 1. The Morgan fingerprint density at radius 2 is 2.32 bits per heavy atom. The van der Waals surface area contributed by atoms with Gasteiger partial charge in [-0.3, -0.25) is 0 Å². The Hall–Kier alpha value is -1.55. The molecule has 1 aromatic rings. The fourth-order valence-corrected chi connectivity index (χ4v) is 2.64. The molecule has 0 aliphatic carbocycles.